The van der Waals surface area contributed by atoms with Crippen molar-refractivity contribution in [2.45, 2.75) is 39.8 Å². The van der Waals surface area contributed by atoms with Crippen LogP contribution in [0.1, 0.15) is 37.4 Å². The third kappa shape index (κ3) is 4.05. The molecular weight excluding hydrogens is 230 g/mol. The largest absolute Gasteiger partial charge is 0.311 e. The Balaban J connectivity index is 1.83. The molecule has 4 heteroatoms. The van der Waals surface area contributed by atoms with Crippen molar-refractivity contribution in [1.29, 1.82) is 0 Å². The molecule has 1 fully saturated rings. The molecule has 96 valence electrons. The molecule has 1 N–H and O–H groups in total. The second-order valence-electron chi connectivity index (χ2n) is 5.00. The van der Waals surface area contributed by atoms with Gasteiger partial charge in [-0.2, -0.15) is 0 Å². The first-order chi connectivity index (χ1) is 8.28. The molecular formula is C13H23N3S. The second kappa shape index (κ2) is 6.47. The van der Waals surface area contributed by atoms with Crippen molar-refractivity contribution in [3.63, 3.8) is 0 Å². The predicted molar refractivity (Wildman–Crippen MR) is 73.2 cm³/mol. The number of hydrogen-bond donors (Lipinski definition) is 1. The highest BCUT2D eigenvalue weighted by molar-refractivity contribution is 7.09. The van der Waals surface area contributed by atoms with Gasteiger partial charge < -0.3 is 5.32 Å². The zero-order valence-electron chi connectivity index (χ0n) is 10.9. The first kappa shape index (κ1) is 13.0. The highest BCUT2D eigenvalue weighted by atomic mass is 32.1. The summed E-state index contributed by atoms with van der Waals surface area (Å²) in [6.07, 6.45) is 2.73. The van der Waals surface area contributed by atoms with Gasteiger partial charge in [-0.15, -0.1) is 11.3 Å². The van der Waals surface area contributed by atoms with Crippen LogP contribution in [0.15, 0.2) is 5.38 Å². The maximum absolute atomic E-state index is 4.68. The lowest BCUT2D eigenvalue weighted by atomic mass is 10.0. The Morgan fingerprint density at radius 2 is 2.47 bits per heavy atom. The van der Waals surface area contributed by atoms with Crippen molar-refractivity contribution in [3.05, 3.63) is 16.1 Å². The molecule has 1 aromatic rings. The molecule has 1 aliphatic rings. The fourth-order valence-corrected chi connectivity index (χ4v) is 3.21. The lowest BCUT2D eigenvalue weighted by Crippen LogP contribution is -2.33. The Morgan fingerprint density at radius 1 is 1.59 bits per heavy atom. The molecule has 1 atom stereocenters. The monoisotopic (exact) mass is 253 g/mol. The average Bonchev–Trinajstić information content (AvgIpc) is 2.74. The van der Waals surface area contributed by atoms with Crippen molar-refractivity contribution in [3.8, 4) is 0 Å². The maximum Gasteiger partial charge on any atom is 0.107 e. The van der Waals surface area contributed by atoms with Gasteiger partial charge in [0.1, 0.15) is 5.01 Å². The fourth-order valence-electron chi connectivity index (χ4n) is 2.38. The molecule has 0 spiro atoms. The molecule has 1 aliphatic heterocycles. The SMILES string of the molecule is CCNCc1csc(CN2CCCC(C)C2)n1. The van der Waals surface area contributed by atoms with E-state index in [2.05, 4.69) is 34.4 Å². The Morgan fingerprint density at radius 3 is 3.24 bits per heavy atom. The summed E-state index contributed by atoms with van der Waals surface area (Å²) in [4.78, 5) is 7.23. The van der Waals surface area contributed by atoms with E-state index in [1.54, 1.807) is 11.3 Å². The van der Waals surface area contributed by atoms with Gasteiger partial charge in [-0.3, -0.25) is 4.90 Å². The van der Waals surface area contributed by atoms with Crippen LogP contribution in [-0.4, -0.2) is 29.5 Å². The normalized spacial score (nSPS) is 21.9. The summed E-state index contributed by atoms with van der Waals surface area (Å²) in [7, 11) is 0. The molecule has 1 unspecified atom stereocenters. The number of piperidine rings is 1. The summed E-state index contributed by atoms with van der Waals surface area (Å²) in [5, 5.41) is 6.78. The molecule has 0 bridgehead atoms. The van der Waals surface area contributed by atoms with E-state index >= 15 is 0 Å². The van der Waals surface area contributed by atoms with E-state index in [0.29, 0.717) is 0 Å². The van der Waals surface area contributed by atoms with E-state index in [-0.39, 0.29) is 0 Å². The summed E-state index contributed by atoms with van der Waals surface area (Å²) < 4.78 is 0. The number of likely N-dealkylation sites (tertiary alicyclic amines) is 1. The van der Waals surface area contributed by atoms with E-state index < -0.39 is 0 Å². The zero-order valence-corrected chi connectivity index (χ0v) is 11.7. The van der Waals surface area contributed by atoms with Gasteiger partial charge in [0.25, 0.3) is 0 Å². The van der Waals surface area contributed by atoms with Crippen LogP contribution >= 0.6 is 11.3 Å². The molecule has 0 radical (unpaired) electrons. The number of nitrogens with one attached hydrogen (secondary N) is 1. The smallest absolute Gasteiger partial charge is 0.107 e. The van der Waals surface area contributed by atoms with Gasteiger partial charge in [-0.05, 0) is 31.8 Å². The Hall–Kier alpha value is -0.450. The van der Waals surface area contributed by atoms with Crippen LogP contribution in [0.5, 0.6) is 0 Å². The summed E-state index contributed by atoms with van der Waals surface area (Å²) in [6, 6.07) is 0. The van der Waals surface area contributed by atoms with Gasteiger partial charge in [-0.25, -0.2) is 4.98 Å². The predicted octanol–water partition coefficient (Wildman–Crippen LogP) is 2.48. The van der Waals surface area contributed by atoms with Crippen LogP contribution in [0.3, 0.4) is 0 Å². The quantitative estimate of drug-likeness (QED) is 0.874. The molecule has 0 aromatic carbocycles. The van der Waals surface area contributed by atoms with Crippen LogP contribution in [0.25, 0.3) is 0 Å². The topological polar surface area (TPSA) is 28.2 Å². The molecule has 2 heterocycles. The summed E-state index contributed by atoms with van der Waals surface area (Å²) in [5.41, 5.74) is 1.19. The van der Waals surface area contributed by atoms with Gasteiger partial charge in [0.05, 0.1) is 12.2 Å². The van der Waals surface area contributed by atoms with Gasteiger partial charge in [-0.1, -0.05) is 13.8 Å². The van der Waals surface area contributed by atoms with Crippen molar-refractivity contribution < 1.29 is 0 Å². The van der Waals surface area contributed by atoms with Crippen LogP contribution in [0.4, 0.5) is 0 Å². The molecule has 0 saturated carbocycles. The molecule has 0 aliphatic carbocycles. The van der Waals surface area contributed by atoms with E-state index in [1.807, 2.05) is 0 Å². The molecule has 2 rings (SSSR count). The molecule has 1 saturated heterocycles. The van der Waals surface area contributed by atoms with Crippen molar-refractivity contribution in [2.75, 3.05) is 19.6 Å². The minimum atomic E-state index is 0.852. The van der Waals surface area contributed by atoms with Crippen molar-refractivity contribution in [1.82, 2.24) is 15.2 Å². The van der Waals surface area contributed by atoms with Crippen LogP contribution < -0.4 is 5.32 Å². The van der Waals surface area contributed by atoms with E-state index in [0.717, 1.165) is 25.6 Å². The minimum absolute atomic E-state index is 0.852. The zero-order chi connectivity index (χ0) is 12.1. The van der Waals surface area contributed by atoms with Crippen molar-refractivity contribution in [2.24, 2.45) is 5.92 Å². The van der Waals surface area contributed by atoms with Crippen LogP contribution in [-0.2, 0) is 13.1 Å². The molecule has 17 heavy (non-hydrogen) atoms. The number of nitrogens with zero attached hydrogens (tertiary/aromatic N) is 2. The average molecular weight is 253 g/mol. The standard InChI is InChI=1S/C13H23N3S/c1-3-14-7-12-10-17-13(15-12)9-16-6-4-5-11(2)8-16/h10-11,14H,3-9H2,1-2H3. The first-order valence-electron chi connectivity index (χ1n) is 6.64. The van der Waals surface area contributed by atoms with E-state index in [1.165, 1.54) is 36.6 Å². The Kier molecular flexibility index (Phi) is 4.95. The van der Waals surface area contributed by atoms with Crippen LogP contribution in [0, 0.1) is 5.92 Å². The first-order valence-corrected chi connectivity index (χ1v) is 7.52. The summed E-state index contributed by atoms with van der Waals surface area (Å²) >= 11 is 1.80. The Bertz CT molecular complexity index is 337. The van der Waals surface area contributed by atoms with E-state index in [4.69, 9.17) is 0 Å². The highest BCUT2D eigenvalue weighted by Crippen LogP contribution is 2.19. The lowest BCUT2D eigenvalue weighted by molar-refractivity contribution is 0.176. The van der Waals surface area contributed by atoms with Crippen molar-refractivity contribution >= 4 is 11.3 Å². The highest BCUT2D eigenvalue weighted by Gasteiger charge is 2.17. The lowest BCUT2D eigenvalue weighted by Gasteiger charge is -2.29. The second-order valence-corrected chi connectivity index (χ2v) is 5.94. The number of thiazole rings is 1. The molecule has 0 amide bonds. The third-order valence-corrected chi connectivity index (χ3v) is 4.14. The summed E-state index contributed by atoms with van der Waals surface area (Å²) in [6.45, 7) is 9.92. The number of rotatable bonds is 5. The number of hydrogen-bond acceptors (Lipinski definition) is 4. The van der Waals surface area contributed by atoms with Crippen LogP contribution in [0.2, 0.25) is 0 Å². The fraction of sp³-hybridized carbons (Fsp3) is 0.769. The Labute approximate surface area is 108 Å². The minimum Gasteiger partial charge on any atom is -0.311 e. The van der Waals surface area contributed by atoms with Gasteiger partial charge >= 0.3 is 0 Å². The molecule has 1 aromatic heterocycles. The van der Waals surface area contributed by atoms with E-state index in [9.17, 15) is 0 Å². The van der Waals surface area contributed by atoms with Gasteiger partial charge in [0.2, 0.25) is 0 Å². The maximum atomic E-state index is 4.68. The van der Waals surface area contributed by atoms with Gasteiger partial charge in [0.15, 0.2) is 0 Å². The van der Waals surface area contributed by atoms with Gasteiger partial charge in [0, 0.05) is 18.5 Å². The number of aromatic nitrogens is 1. The molecule has 3 nitrogen and oxygen atoms in total. The summed E-state index contributed by atoms with van der Waals surface area (Å²) in [5.74, 6) is 0.852. The third-order valence-electron chi connectivity index (χ3n) is 3.26.